The Hall–Kier alpha value is -4.14. The van der Waals surface area contributed by atoms with E-state index in [1.54, 1.807) is 18.0 Å². The lowest BCUT2D eigenvalue weighted by atomic mass is 10.1. The quantitative estimate of drug-likeness (QED) is 0.419. The normalized spacial score (nSPS) is 11.2. The summed E-state index contributed by atoms with van der Waals surface area (Å²) >= 11 is 0. The van der Waals surface area contributed by atoms with Crippen molar-refractivity contribution < 1.29 is 18.0 Å². The Morgan fingerprint density at radius 2 is 1.81 bits per heavy atom. The molecule has 9 heteroatoms. The molecule has 2 aliphatic rings. The Balaban J connectivity index is 1.39. The molecule has 0 saturated heterocycles. The smallest absolute Gasteiger partial charge is 0.169 e. The van der Waals surface area contributed by atoms with E-state index in [2.05, 4.69) is 20.2 Å². The number of ether oxygens (including phenoxy) is 1. The molecule has 154 valence electrons. The lowest BCUT2D eigenvalue weighted by molar-refractivity contribution is 0.372. The Morgan fingerprint density at radius 1 is 1.00 bits per heavy atom. The van der Waals surface area contributed by atoms with Gasteiger partial charge in [-0.2, -0.15) is 5.10 Å². The van der Waals surface area contributed by atoms with Gasteiger partial charge in [0.05, 0.1) is 25.1 Å². The predicted octanol–water partition coefficient (Wildman–Crippen LogP) is 4.44. The van der Waals surface area contributed by atoms with Crippen LogP contribution in [0.15, 0.2) is 65.4 Å². The van der Waals surface area contributed by atoms with E-state index in [9.17, 15) is 8.78 Å². The van der Waals surface area contributed by atoms with Crippen LogP contribution in [0.5, 0.6) is 5.75 Å². The van der Waals surface area contributed by atoms with Crippen molar-refractivity contribution in [3.8, 4) is 39.8 Å². The highest BCUT2D eigenvalue weighted by Gasteiger charge is 2.18. The molecule has 0 bridgehead atoms. The van der Waals surface area contributed by atoms with Crippen molar-refractivity contribution in [2.45, 2.75) is 6.54 Å². The fourth-order valence-electron chi connectivity index (χ4n) is 3.19. The van der Waals surface area contributed by atoms with Gasteiger partial charge in [0.2, 0.25) is 0 Å². The molecule has 0 N–H and O–H groups in total. The molecule has 1 aromatic heterocycles. The SMILES string of the molecule is COc1ccc(-c2cc(Cn3cc4nc(-c5cccc(F)c5F)nc-4cn3)on2)cc1. The Bertz CT molecular complexity index is 1330. The molecule has 31 heavy (non-hydrogen) atoms. The number of fused-ring (bicyclic) bond motifs is 1. The van der Waals surface area contributed by atoms with E-state index in [0.29, 0.717) is 29.4 Å². The molecular formula is C22H15F2N5O2. The van der Waals surface area contributed by atoms with E-state index in [-0.39, 0.29) is 11.4 Å². The molecule has 5 rings (SSSR count). The van der Waals surface area contributed by atoms with Gasteiger partial charge in [0.1, 0.15) is 29.4 Å². The van der Waals surface area contributed by atoms with Crippen LogP contribution in [0.3, 0.4) is 0 Å². The van der Waals surface area contributed by atoms with E-state index in [1.165, 1.54) is 18.3 Å². The number of hydrogen-bond donors (Lipinski definition) is 0. The second kappa shape index (κ2) is 7.60. The van der Waals surface area contributed by atoms with Crippen LogP contribution in [0.2, 0.25) is 0 Å². The first-order valence-electron chi connectivity index (χ1n) is 9.35. The maximum absolute atomic E-state index is 14.1. The number of methoxy groups -OCH3 is 1. The molecule has 3 aromatic rings. The summed E-state index contributed by atoms with van der Waals surface area (Å²) in [5, 5.41) is 8.40. The fourth-order valence-corrected chi connectivity index (χ4v) is 3.19. The highest BCUT2D eigenvalue weighted by atomic mass is 19.2. The molecule has 0 amide bonds. The van der Waals surface area contributed by atoms with Crippen molar-refractivity contribution in [3.63, 3.8) is 0 Å². The minimum atomic E-state index is -0.980. The molecule has 0 atom stereocenters. The van der Waals surface area contributed by atoms with E-state index in [0.717, 1.165) is 17.4 Å². The number of nitrogens with zero attached hydrogens (tertiary/aromatic N) is 5. The average Bonchev–Trinajstić information content (AvgIpc) is 3.42. The molecule has 0 radical (unpaired) electrons. The first-order valence-corrected chi connectivity index (χ1v) is 9.35. The summed E-state index contributed by atoms with van der Waals surface area (Å²) < 4.78 is 39.8. The van der Waals surface area contributed by atoms with Gasteiger partial charge in [-0.05, 0) is 36.4 Å². The number of aromatic nitrogens is 5. The Kier molecular flexibility index (Phi) is 4.62. The largest absolute Gasteiger partial charge is 0.497 e. The van der Waals surface area contributed by atoms with Crippen molar-refractivity contribution in [3.05, 3.63) is 78.3 Å². The number of imidazole rings is 1. The lowest BCUT2D eigenvalue weighted by Gasteiger charge is -2.03. The van der Waals surface area contributed by atoms with Crippen LogP contribution in [0, 0.1) is 11.6 Å². The summed E-state index contributed by atoms with van der Waals surface area (Å²) in [6, 6.07) is 13.2. The topological polar surface area (TPSA) is 78.9 Å². The van der Waals surface area contributed by atoms with E-state index in [4.69, 9.17) is 9.26 Å². The van der Waals surface area contributed by atoms with Gasteiger partial charge in [-0.15, -0.1) is 0 Å². The van der Waals surface area contributed by atoms with Crippen molar-refractivity contribution in [1.82, 2.24) is 24.9 Å². The van der Waals surface area contributed by atoms with Gasteiger partial charge in [0.15, 0.2) is 23.2 Å². The van der Waals surface area contributed by atoms with Gasteiger partial charge >= 0.3 is 0 Å². The lowest BCUT2D eigenvalue weighted by Crippen LogP contribution is -2.04. The Morgan fingerprint density at radius 3 is 2.61 bits per heavy atom. The van der Waals surface area contributed by atoms with Crippen LogP contribution in [0.4, 0.5) is 8.78 Å². The van der Waals surface area contributed by atoms with Crippen LogP contribution in [-0.2, 0) is 6.54 Å². The first-order chi connectivity index (χ1) is 15.1. The molecule has 2 aliphatic heterocycles. The van der Waals surface area contributed by atoms with Crippen molar-refractivity contribution >= 4 is 0 Å². The molecule has 0 fully saturated rings. The van der Waals surface area contributed by atoms with Crippen molar-refractivity contribution in [2.24, 2.45) is 0 Å². The summed E-state index contributed by atoms with van der Waals surface area (Å²) in [6.45, 7) is 0.315. The molecule has 0 unspecified atom stereocenters. The molecule has 0 spiro atoms. The van der Waals surface area contributed by atoms with E-state index in [1.807, 2.05) is 30.3 Å². The zero-order chi connectivity index (χ0) is 21.4. The summed E-state index contributed by atoms with van der Waals surface area (Å²) in [5.41, 5.74) is 2.57. The summed E-state index contributed by atoms with van der Waals surface area (Å²) in [5.74, 6) is -0.468. The van der Waals surface area contributed by atoms with Gasteiger partial charge in [-0.3, -0.25) is 4.68 Å². The number of benzene rings is 2. The van der Waals surface area contributed by atoms with Gasteiger partial charge in [0, 0.05) is 11.6 Å². The molecular weight excluding hydrogens is 404 g/mol. The van der Waals surface area contributed by atoms with E-state index < -0.39 is 11.6 Å². The second-order valence-corrected chi connectivity index (χ2v) is 6.80. The van der Waals surface area contributed by atoms with Gasteiger partial charge in [0.25, 0.3) is 0 Å². The number of rotatable bonds is 5. The third-order valence-corrected chi connectivity index (χ3v) is 4.77. The molecule has 0 saturated carbocycles. The van der Waals surface area contributed by atoms with E-state index >= 15 is 0 Å². The standard InChI is InChI=1S/C22H15F2N5O2/c1-30-14-7-5-13(6-8-14)18-9-15(31-28-18)11-29-12-20-19(10-25-29)26-22(27-20)16-3-2-4-17(23)21(16)24/h2-10,12H,11H2,1H3. The highest BCUT2D eigenvalue weighted by molar-refractivity contribution is 5.65. The van der Waals surface area contributed by atoms with Gasteiger partial charge < -0.3 is 9.26 Å². The van der Waals surface area contributed by atoms with Crippen molar-refractivity contribution in [2.75, 3.05) is 7.11 Å². The predicted molar refractivity (Wildman–Crippen MR) is 107 cm³/mol. The zero-order valence-electron chi connectivity index (χ0n) is 16.3. The summed E-state index contributed by atoms with van der Waals surface area (Å²) in [7, 11) is 1.61. The highest BCUT2D eigenvalue weighted by Crippen LogP contribution is 2.27. The maximum atomic E-state index is 14.1. The minimum Gasteiger partial charge on any atom is -0.497 e. The molecule has 7 nitrogen and oxygen atoms in total. The van der Waals surface area contributed by atoms with Crippen LogP contribution >= 0.6 is 0 Å². The monoisotopic (exact) mass is 419 g/mol. The average molecular weight is 419 g/mol. The minimum absolute atomic E-state index is 0.00196. The Labute approximate surface area is 175 Å². The van der Waals surface area contributed by atoms with Crippen LogP contribution < -0.4 is 4.74 Å². The first kappa shape index (κ1) is 18.9. The second-order valence-electron chi connectivity index (χ2n) is 6.80. The third-order valence-electron chi connectivity index (χ3n) is 4.77. The molecule has 2 aromatic carbocycles. The van der Waals surface area contributed by atoms with Crippen molar-refractivity contribution in [1.29, 1.82) is 0 Å². The van der Waals surface area contributed by atoms with Gasteiger partial charge in [-0.25, -0.2) is 18.7 Å². The fraction of sp³-hybridized carbons (Fsp3) is 0.0909. The third kappa shape index (κ3) is 3.61. The number of halogens is 2. The summed E-state index contributed by atoms with van der Waals surface area (Å²) in [4.78, 5) is 8.57. The van der Waals surface area contributed by atoms with Crippen LogP contribution in [0.1, 0.15) is 5.76 Å². The molecule has 0 aliphatic carbocycles. The summed E-state index contributed by atoms with van der Waals surface area (Å²) in [6.07, 6.45) is 3.18. The zero-order valence-corrected chi connectivity index (χ0v) is 16.3. The van der Waals surface area contributed by atoms with Gasteiger partial charge in [-0.1, -0.05) is 11.2 Å². The maximum Gasteiger partial charge on any atom is 0.169 e. The van der Waals surface area contributed by atoms with Crippen LogP contribution in [0.25, 0.3) is 34.0 Å². The van der Waals surface area contributed by atoms with Crippen LogP contribution in [-0.4, -0.2) is 32.0 Å². The number of hydrogen-bond acceptors (Lipinski definition) is 6. The molecule has 3 heterocycles.